The van der Waals surface area contributed by atoms with Crippen molar-refractivity contribution in [3.63, 3.8) is 0 Å². The first kappa shape index (κ1) is 23.0. The van der Waals surface area contributed by atoms with Crippen LogP contribution < -0.4 is 0 Å². The Morgan fingerprint density at radius 2 is 1.69 bits per heavy atom. The maximum atomic E-state index is 12.8. The SMILES string of the molecule is CCC1(C(=O)OC)CC(O[Si](C)(C)C(C)(C)C)CN1C(=O)OC(C)(C)C. The highest BCUT2D eigenvalue weighted by Crippen LogP contribution is 2.42. The number of carbonyl (C=O) groups is 2. The summed E-state index contributed by atoms with van der Waals surface area (Å²) in [6.07, 6.45) is 0.187. The molecule has 0 saturated carbocycles. The third-order valence-corrected chi connectivity index (χ3v) is 10.0. The first-order valence-corrected chi connectivity index (χ1v) is 12.3. The summed E-state index contributed by atoms with van der Waals surface area (Å²) in [4.78, 5) is 27.0. The largest absolute Gasteiger partial charge is 0.467 e. The molecular formula is C19H37NO5Si. The van der Waals surface area contributed by atoms with Gasteiger partial charge in [0.25, 0.3) is 0 Å². The highest BCUT2D eigenvalue weighted by atomic mass is 28.4. The van der Waals surface area contributed by atoms with Gasteiger partial charge in [-0.1, -0.05) is 27.7 Å². The molecule has 152 valence electrons. The minimum atomic E-state index is -2.03. The molecule has 7 heteroatoms. The molecule has 6 nitrogen and oxygen atoms in total. The molecule has 0 N–H and O–H groups in total. The van der Waals surface area contributed by atoms with Crippen molar-refractivity contribution in [2.24, 2.45) is 0 Å². The Labute approximate surface area is 159 Å². The van der Waals surface area contributed by atoms with Crippen LogP contribution in [0.1, 0.15) is 61.3 Å². The maximum Gasteiger partial charge on any atom is 0.411 e. The average molecular weight is 388 g/mol. The summed E-state index contributed by atoms with van der Waals surface area (Å²) in [6, 6.07) is 0. The topological polar surface area (TPSA) is 65.1 Å². The second-order valence-corrected chi connectivity index (χ2v) is 14.4. The summed E-state index contributed by atoms with van der Waals surface area (Å²) in [7, 11) is -0.676. The fourth-order valence-electron chi connectivity index (χ4n) is 3.03. The molecule has 0 aromatic rings. The fourth-order valence-corrected chi connectivity index (χ4v) is 4.38. The lowest BCUT2D eigenvalue weighted by Gasteiger charge is -2.38. The zero-order chi connectivity index (χ0) is 20.6. The van der Waals surface area contributed by atoms with Crippen LogP contribution in [-0.2, 0) is 18.7 Å². The van der Waals surface area contributed by atoms with Gasteiger partial charge in [-0.3, -0.25) is 4.90 Å². The number of carbonyl (C=O) groups excluding carboxylic acids is 2. The van der Waals surface area contributed by atoms with Gasteiger partial charge >= 0.3 is 12.1 Å². The highest BCUT2D eigenvalue weighted by molar-refractivity contribution is 6.74. The molecule has 2 atom stereocenters. The molecule has 1 fully saturated rings. The molecule has 1 amide bonds. The van der Waals surface area contributed by atoms with E-state index in [1.54, 1.807) is 0 Å². The molecule has 1 saturated heterocycles. The Bertz CT molecular complexity index is 535. The number of rotatable bonds is 4. The van der Waals surface area contributed by atoms with Crippen LogP contribution in [0.5, 0.6) is 0 Å². The lowest BCUT2D eigenvalue weighted by Crippen LogP contribution is -2.54. The third kappa shape index (κ3) is 4.79. The van der Waals surface area contributed by atoms with Gasteiger partial charge in [-0.25, -0.2) is 9.59 Å². The number of ether oxygens (including phenoxy) is 2. The van der Waals surface area contributed by atoms with E-state index in [0.717, 1.165) is 0 Å². The number of hydrogen-bond donors (Lipinski definition) is 0. The molecule has 0 aromatic carbocycles. The van der Waals surface area contributed by atoms with E-state index in [9.17, 15) is 9.59 Å². The first-order valence-electron chi connectivity index (χ1n) is 9.36. The van der Waals surface area contributed by atoms with Crippen LogP contribution in [0.25, 0.3) is 0 Å². The highest BCUT2D eigenvalue weighted by Gasteiger charge is 2.56. The minimum Gasteiger partial charge on any atom is -0.467 e. The normalized spacial score (nSPS) is 24.5. The lowest BCUT2D eigenvalue weighted by atomic mass is 9.92. The summed E-state index contributed by atoms with van der Waals surface area (Å²) in [6.45, 7) is 18.5. The van der Waals surface area contributed by atoms with Gasteiger partial charge < -0.3 is 13.9 Å². The summed E-state index contributed by atoms with van der Waals surface area (Å²) < 4.78 is 17.1. The van der Waals surface area contributed by atoms with Crippen molar-refractivity contribution in [1.29, 1.82) is 0 Å². The number of esters is 1. The van der Waals surface area contributed by atoms with E-state index in [4.69, 9.17) is 13.9 Å². The summed E-state index contributed by atoms with van der Waals surface area (Å²) in [5, 5.41) is 0.0481. The van der Waals surface area contributed by atoms with E-state index in [-0.39, 0.29) is 11.1 Å². The first-order chi connectivity index (χ1) is 11.6. The van der Waals surface area contributed by atoms with Crippen LogP contribution in [0.2, 0.25) is 18.1 Å². The molecule has 2 unspecified atom stereocenters. The van der Waals surface area contributed by atoms with Gasteiger partial charge in [0.2, 0.25) is 0 Å². The monoisotopic (exact) mass is 387 g/mol. The standard InChI is InChI=1S/C19H37NO5Si/c1-11-19(15(21)23-8)12-14(25-26(9,10)18(5,6)7)13-20(19)16(22)24-17(2,3)4/h14H,11-13H2,1-10H3. The molecule has 0 bridgehead atoms. The molecule has 0 aliphatic carbocycles. The van der Waals surface area contributed by atoms with Gasteiger partial charge in [0, 0.05) is 6.42 Å². The van der Waals surface area contributed by atoms with E-state index >= 15 is 0 Å². The Morgan fingerprint density at radius 1 is 1.15 bits per heavy atom. The van der Waals surface area contributed by atoms with E-state index in [1.165, 1.54) is 12.0 Å². The van der Waals surface area contributed by atoms with E-state index in [1.807, 2.05) is 27.7 Å². The molecule has 0 radical (unpaired) electrons. The van der Waals surface area contributed by atoms with Crippen molar-refractivity contribution in [1.82, 2.24) is 4.90 Å². The molecule has 1 aliphatic heterocycles. The quantitative estimate of drug-likeness (QED) is 0.530. The summed E-state index contributed by atoms with van der Waals surface area (Å²) in [5.74, 6) is -0.410. The van der Waals surface area contributed by atoms with E-state index in [2.05, 4.69) is 33.9 Å². The Hall–Kier alpha value is -1.08. The van der Waals surface area contributed by atoms with Crippen LogP contribution in [0, 0.1) is 0 Å². The van der Waals surface area contributed by atoms with E-state index < -0.39 is 31.5 Å². The summed E-state index contributed by atoms with van der Waals surface area (Å²) >= 11 is 0. The van der Waals surface area contributed by atoms with Gasteiger partial charge in [0.05, 0.1) is 19.8 Å². The number of hydrogen-bond acceptors (Lipinski definition) is 5. The van der Waals surface area contributed by atoms with Crippen LogP contribution >= 0.6 is 0 Å². The van der Waals surface area contributed by atoms with Crippen LogP contribution in [0.15, 0.2) is 0 Å². The van der Waals surface area contributed by atoms with Crippen LogP contribution in [-0.4, -0.2) is 56.2 Å². The Morgan fingerprint density at radius 3 is 2.08 bits per heavy atom. The zero-order valence-electron chi connectivity index (χ0n) is 18.2. The predicted molar refractivity (Wildman–Crippen MR) is 105 cm³/mol. The second-order valence-electron chi connectivity index (χ2n) is 9.67. The maximum absolute atomic E-state index is 12.8. The number of methoxy groups -OCH3 is 1. The zero-order valence-corrected chi connectivity index (χ0v) is 19.2. The van der Waals surface area contributed by atoms with Gasteiger partial charge in [0.15, 0.2) is 8.32 Å². The van der Waals surface area contributed by atoms with Gasteiger partial charge in [-0.05, 0) is 45.3 Å². The van der Waals surface area contributed by atoms with Crippen molar-refractivity contribution >= 4 is 20.4 Å². The van der Waals surface area contributed by atoms with Gasteiger partial charge in [-0.15, -0.1) is 0 Å². The Kier molecular flexibility index (Phi) is 6.62. The predicted octanol–water partition coefficient (Wildman–Crippen LogP) is 4.34. The summed E-state index contributed by atoms with van der Waals surface area (Å²) in [5.41, 5.74) is -1.67. The van der Waals surface area contributed by atoms with Crippen LogP contribution in [0.4, 0.5) is 4.79 Å². The third-order valence-electron chi connectivity index (χ3n) is 5.50. The number of nitrogens with zero attached hydrogens (tertiary/aromatic N) is 1. The molecule has 1 aliphatic rings. The van der Waals surface area contributed by atoms with Crippen LogP contribution in [0.3, 0.4) is 0 Å². The molecular weight excluding hydrogens is 350 g/mol. The molecule has 0 aromatic heterocycles. The molecule has 1 heterocycles. The second kappa shape index (κ2) is 7.50. The van der Waals surface area contributed by atoms with Crippen molar-refractivity contribution in [3.05, 3.63) is 0 Å². The number of amides is 1. The van der Waals surface area contributed by atoms with Crippen molar-refractivity contribution < 1.29 is 23.5 Å². The van der Waals surface area contributed by atoms with Gasteiger partial charge in [-0.2, -0.15) is 0 Å². The number of likely N-dealkylation sites (tertiary alicyclic amines) is 1. The molecule has 26 heavy (non-hydrogen) atoms. The smallest absolute Gasteiger partial charge is 0.411 e. The van der Waals surface area contributed by atoms with Crippen molar-refractivity contribution in [2.75, 3.05) is 13.7 Å². The van der Waals surface area contributed by atoms with E-state index in [0.29, 0.717) is 19.4 Å². The van der Waals surface area contributed by atoms with Gasteiger partial charge in [0.1, 0.15) is 11.1 Å². The molecule has 0 spiro atoms. The van der Waals surface area contributed by atoms with Crippen molar-refractivity contribution in [2.45, 2.75) is 96.7 Å². The minimum absolute atomic E-state index is 0.0481. The average Bonchev–Trinajstić information content (AvgIpc) is 2.82. The Balaban J connectivity index is 3.17. The molecule has 1 rings (SSSR count). The fraction of sp³-hybridized carbons (Fsp3) is 0.895. The lowest BCUT2D eigenvalue weighted by molar-refractivity contribution is -0.153. The van der Waals surface area contributed by atoms with Crippen molar-refractivity contribution in [3.8, 4) is 0 Å².